The van der Waals surface area contributed by atoms with Gasteiger partial charge < -0.3 is 14.0 Å². The predicted molar refractivity (Wildman–Crippen MR) is 36.8 cm³/mol. The number of cyclic esters (lactones) is 2. The molecule has 1 aliphatic heterocycles. The number of hydrogen-bond donors (Lipinski definition) is 0. The van der Waals surface area contributed by atoms with E-state index in [0.29, 0.717) is 6.42 Å². The van der Waals surface area contributed by atoms with E-state index in [9.17, 15) is 9.36 Å². The summed E-state index contributed by atoms with van der Waals surface area (Å²) in [7, 11) is -0.911. The number of ether oxygens (including phenoxy) is 2. The maximum absolute atomic E-state index is 10.9. The van der Waals surface area contributed by atoms with Gasteiger partial charge in [-0.1, -0.05) is 0 Å². The Kier molecular flexibility index (Phi) is 2.91. The normalized spacial score (nSPS) is 27.0. The highest BCUT2D eigenvalue weighted by molar-refractivity contribution is 7.39. The first-order chi connectivity index (χ1) is 5.24. The second-order valence-electron chi connectivity index (χ2n) is 2.02. The van der Waals surface area contributed by atoms with E-state index < -0.39 is 20.0 Å². The molecule has 0 amide bonds. The van der Waals surface area contributed by atoms with Crippen LogP contribution >= 0.6 is 8.03 Å². The molecule has 1 rings (SSSR count). The molecule has 0 radical (unpaired) electrons. The highest BCUT2D eigenvalue weighted by Crippen LogP contribution is 2.33. The Morgan fingerprint density at radius 3 is 3.00 bits per heavy atom. The lowest BCUT2D eigenvalue weighted by molar-refractivity contribution is 0.00203. The van der Waals surface area contributed by atoms with E-state index in [1.54, 1.807) is 0 Å². The van der Waals surface area contributed by atoms with Crippen LogP contribution in [-0.2, 0) is 18.6 Å². The third-order valence-corrected chi connectivity index (χ3v) is 2.64. The van der Waals surface area contributed by atoms with Crippen molar-refractivity contribution in [2.24, 2.45) is 0 Å². The first-order valence-electron chi connectivity index (χ1n) is 3.15. The summed E-state index contributed by atoms with van der Waals surface area (Å²) in [6.45, 7) is 0.253. The number of hydrogen-bond acceptors (Lipinski definition) is 5. The minimum absolute atomic E-state index is 0.253. The van der Waals surface area contributed by atoms with E-state index in [0.717, 1.165) is 0 Å². The van der Waals surface area contributed by atoms with Gasteiger partial charge in [-0.25, -0.2) is 4.79 Å². The fourth-order valence-electron chi connectivity index (χ4n) is 0.756. The van der Waals surface area contributed by atoms with Gasteiger partial charge in [0.1, 0.15) is 0 Å². The predicted octanol–water partition coefficient (Wildman–Crippen LogP) is 0.990. The van der Waals surface area contributed by atoms with Crippen LogP contribution in [0.15, 0.2) is 0 Å². The zero-order chi connectivity index (χ0) is 8.27. The zero-order valence-electron chi connectivity index (χ0n) is 6.03. The van der Waals surface area contributed by atoms with Crippen LogP contribution in [0.25, 0.3) is 0 Å². The maximum atomic E-state index is 10.9. The van der Waals surface area contributed by atoms with Crippen LogP contribution in [0, 0.1) is 0 Å². The summed E-state index contributed by atoms with van der Waals surface area (Å²) in [6, 6.07) is 0. The van der Waals surface area contributed by atoms with E-state index in [1.807, 2.05) is 0 Å². The molecule has 0 bridgehead atoms. The molecule has 0 N–H and O–H groups in total. The van der Waals surface area contributed by atoms with Gasteiger partial charge in [-0.05, 0) is 0 Å². The molecule has 0 aromatic carbocycles. The summed E-state index contributed by atoms with van der Waals surface area (Å²) in [4.78, 5) is 10.5. The SMILES string of the molecule is CO[PH](=O)C1CCOC(=O)O1. The maximum Gasteiger partial charge on any atom is 0.509 e. The average molecular weight is 180 g/mol. The third-order valence-electron chi connectivity index (χ3n) is 1.30. The molecular formula is C5H9O5P. The Labute approximate surface area is 64.5 Å². The lowest BCUT2D eigenvalue weighted by Crippen LogP contribution is -2.24. The summed E-state index contributed by atoms with van der Waals surface area (Å²) in [6.07, 6.45) is -0.325. The van der Waals surface area contributed by atoms with Gasteiger partial charge in [-0.2, -0.15) is 0 Å². The van der Waals surface area contributed by atoms with E-state index in [1.165, 1.54) is 7.11 Å². The molecule has 0 spiro atoms. The van der Waals surface area contributed by atoms with Gasteiger partial charge in [0.25, 0.3) is 0 Å². The summed E-state index contributed by atoms with van der Waals surface area (Å²) in [5, 5.41) is 0. The quantitative estimate of drug-likeness (QED) is 0.468. The summed E-state index contributed by atoms with van der Waals surface area (Å²) in [5.74, 6) is -0.605. The molecule has 0 saturated carbocycles. The minimum atomic E-state index is -2.24. The van der Waals surface area contributed by atoms with Crippen molar-refractivity contribution >= 4 is 14.2 Å². The van der Waals surface area contributed by atoms with Gasteiger partial charge in [-0.15, -0.1) is 0 Å². The van der Waals surface area contributed by atoms with Crippen LogP contribution in [0.1, 0.15) is 6.42 Å². The Balaban J connectivity index is 2.45. The van der Waals surface area contributed by atoms with E-state index in [-0.39, 0.29) is 6.61 Å². The number of carbonyl (C=O) groups is 1. The molecule has 0 aromatic heterocycles. The standard InChI is InChI=1S/C5H9O5P/c1-8-11(7)4-2-3-9-5(6)10-4/h4,11H,2-3H2,1H3. The van der Waals surface area contributed by atoms with Crippen molar-refractivity contribution in [3.8, 4) is 0 Å². The fourth-order valence-corrected chi connectivity index (χ4v) is 1.56. The zero-order valence-corrected chi connectivity index (χ0v) is 7.03. The smallest absolute Gasteiger partial charge is 0.434 e. The first kappa shape index (κ1) is 8.56. The topological polar surface area (TPSA) is 61.8 Å². The van der Waals surface area contributed by atoms with Crippen molar-refractivity contribution in [2.45, 2.75) is 12.3 Å². The molecule has 6 heteroatoms. The number of rotatable bonds is 2. The van der Waals surface area contributed by atoms with Crippen LogP contribution in [0.2, 0.25) is 0 Å². The first-order valence-corrected chi connectivity index (χ1v) is 4.54. The lowest BCUT2D eigenvalue weighted by atomic mass is 10.5. The third kappa shape index (κ3) is 2.20. The van der Waals surface area contributed by atoms with Crippen molar-refractivity contribution in [1.82, 2.24) is 0 Å². The molecule has 2 unspecified atom stereocenters. The molecule has 11 heavy (non-hydrogen) atoms. The van der Waals surface area contributed by atoms with Gasteiger partial charge in [0.2, 0.25) is 8.03 Å². The summed E-state index contributed by atoms with van der Waals surface area (Å²) in [5.41, 5.74) is 0. The van der Waals surface area contributed by atoms with Gasteiger partial charge in [-0.3, -0.25) is 4.57 Å². The second-order valence-corrected chi connectivity index (χ2v) is 3.71. The minimum Gasteiger partial charge on any atom is -0.434 e. The molecule has 1 saturated heterocycles. The summed E-state index contributed by atoms with van der Waals surface area (Å²) >= 11 is 0. The molecule has 1 fully saturated rings. The van der Waals surface area contributed by atoms with Crippen molar-refractivity contribution in [2.75, 3.05) is 13.7 Å². The molecule has 5 nitrogen and oxygen atoms in total. The average Bonchev–Trinajstić information content (AvgIpc) is 2.03. The van der Waals surface area contributed by atoms with Crippen LogP contribution in [0.5, 0.6) is 0 Å². The molecule has 0 aromatic rings. The monoisotopic (exact) mass is 180 g/mol. The van der Waals surface area contributed by atoms with Gasteiger partial charge in [0, 0.05) is 13.5 Å². The largest absolute Gasteiger partial charge is 0.509 e. The molecule has 0 aliphatic carbocycles. The van der Waals surface area contributed by atoms with E-state index in [4.69, 9.17) is 0 Å². The van der Waals surface area contributed by atoms with Crippen molar-refractivity contribution < 1.29 is 23.4 Å². The molecule has 1 aliphatic rings. The molecule has 64 valence electrons. The molecule has 1 heterocycles. The highest BCUT2D eigenvalue weighted by atomic mass is 31.1. The molecule has 2 atom stereocenters. The van der Waals surface area contributed by atoms with Crippen LogP contribution in [0.3, 0.4) is 0 Å². The van der Waals surface area contributed by atoms with Crippen molar-refractivity contribution in [1.29, 1.82) is 0 Å². The Morgan fingerprint density at radius 1 is 1.73 bits per heavy atom. The van der Waals surface area contributed by atoms with Crippen LogP contribution in [-0.4, -0.2) is 25.7 Å². The number of carbonyl (C=O) groups excluding carboxylic acids is 1. The Hall–Kier alpha value is -0.540. The fraction of sp³-hybridized carbons (Fsp3) is 0.800. The van der Waals surface area contributed by atoms with Gasteiger partial charge >= 0.3 is 6.16 Å². The molecular weight excluding hydrogens is 171 g/mol. The van der Waals surface area contributed by atoms with Crippen LogP contribution < -0.4 is 0 Å². The van der Waals surface area contributed by atoms with Crippen molar-refractivity contribution in [3.63, 3.8) is 0 Å². The Morgan fingerprint density at radius 2 is 2.45 bits per heavy atom. The lowest BCUT2D eigenvalue weighted by Gasteiger charge is -2.20. The summed E-state index contributed by atoms with van der Waals surface area (Å²) < 4.78 is 24.5. The Bertz CT molecular complexity index is 180. The van der Waals surface area contributed by atoms with E-state index >= 15 is 0 Å². The highest BCUT2D eigenvalue weighted by Gasteiger charge is 2.26. The van der Waals surface area contributed by atoms with Gasteiger partial charge in [0.15, 0.2) is 5.85 Å². The van der Waals surface area contributed by atoms with Gasteiger partial charge in [0.05, 0.1) is 6.61 Å². The van der Waals surface area contributed by atoms with E-state index in [2.05, 4.69) is 14.0 Å². The van der Waals surface area contributed by atoms with Crippen molar-refractivity contribution in [3.05, 3.63) is 0 Å². The second kappa shape index (κ2) is 3.74. The van der Waals surface area contributed by atoms with Crippen LogP contribution in [0.4, 0.5) is 4.79 Å².